The van der Waals surface area contributed by atoms with Gasteiger partial charge in [-0.1, -0.05) is 26.0 Å². The van der Waals surface area contributed by atoms with E-state index in [9.17, 15) is 4.79 Å². The second-order valence-corrected chi connectivity index (χ2v) is 6.92. The van der Waals surface area contributed by atoms with Gasteiger partial charge in [-0.2, -0.15) is 0 Å². The molecule has 0 saturated carbocycles. The fourth-order valence-corrected chi connectivity index (χ4v) is 4.01. The molecule has 26 heavy (non-hydrogen) atoms. The molecule has 2 aromatic heterocycles. The molecule has 0 radical (unpaired) electrons. The summed E-state index contributed by atoms with van der Waals surface area (Å²) in [5, 5.41) is 1.01. The Bertz CT molecular complexity index is 951. The molecule has 6 heteroatoms. The first-order valence-electron chi connectivity index (χ1n) is 9.30. The molecule has 1 amide bonds. The zero-order valence-corrected chi connectivity index (χ0v) is 15.5. The Balaban J connectivity index is 1.82. The van der Waals surface area contributed by atoms with Crippen LogP contribution in [0.3, 0.4) is 0 Å². The van der Waals surface area contributed by atoms with Gasteiger partial charge in [-0.15, -0.1) is 0 Å². The lowest BCUT2D eigenvalue weighted by atomic mass is 10.0. The van der Waals surface area contributed by atoms with Gasteiger partial charge in [-0.05, 0) is 25.0 Å². The van der Waals surface area contributed by atoms with E-state index in [1.807, 2.05) is 29.2 Å². The Labute approximate surface area is 152 Å². The molecule has 0 bridgehead atoms. The van der Waals surface area contributed by atoms with Gasteiger partial charge in [0.2, 0.25) is 5.91 Å². The van der Waals surface area contributed by atoms with Crippen molar-refractivity contribution in [3.05, 3.63) is 30.6 Å². The van der Waals surface area contributed by atoms with E-state index in [1.54, 1.807) is 13.3 Å². The van der Waals surface area contributed by atoms with Crippen LogP contribution in [-0.4, -0.2) is 45.9 Å². The van der Waals surface area contributed by atoms with Crippen LogP contribution in [0.25, 0.3) is 22.1 Å². The van der Waals surface area contributed by atoms with Crippen molar-refractivity contribution in [2.45, 2.75) is 45.7 Å². The molecule has 1 aliphatic heterocycles. The minimum Gasteiger partial charge on any atom is -0.450 e. The lowest BCUT2D eigenvalue weighted by molar-refractivity contribution is -0.132. The molecular weight excluding hydrogens is 328 g/mol. The Morgan fingerprint density at radius 2 is 1.92 bits per heavy atom. The zero-order chi connectivity index (χ0) is 18.3. The van der Waals surface area contributed by atoms with Crippen molar-refractivity contribution < 1.29 is 9.21 Å². The third kappa shape index (κ3) is 2.60. The molecule has 1 aromatic carbocycles. The maximum atomic E-state index is 12.1. The molecule has 1 aliphatic rings. The van der Waals surface area contributed by atoms with Gasteiger partial charge in [0.15, 0.2) is 11.4 Å². The predicted molar refractivity (Wildman–Crippen MR) is 102 cm³/mol. The van der Waals surface area contributed by atoms with Gasteiger partial charge in [0, 0.05) is 37.5 Å². The summed E-state index contributed by atoms with van der Waals surface area (Å²) in [6, 6.07) is 8.34. The molecular formula is C20H24N4O2. The molecule has 3 heterocycles. The average molecular weight is 352 g/mol. The second kappa shape index (κ2) is 6.59. The van der Waals surface area contributed by atoms with Gasteiger partial charge in [-0.3, -0.25) is 4.79 Å². The number of piperazine rings is 1. The van der Waals surface area contributed by atoms with Crippen molar-refractivity contribution in [2.24, 2.45) is 0 Å². The van der Waals surface area contributed by atoms with E-state index in [0.29, 0.717) is 0 Å². The van der Waals surface area contributed by atoms with Crippen LogP contribution in [0.4, 0.5) is 5.82 Å². The molecule has 3 aromatic rings. The van der Waals surface area contributed by atoms with E-state index in [1.165, 1.54) is 0 Å². The number of aromatic nitrogens is 2. The lowest BCUT2D eigenvalue weighted by Crippen LogP contribution is -2.59. The predicted octanol–water partition coefficient (Wildman–Crippen LogP) is 3.60. The number of furan rings is 1. The Hall–Kier alpha value is -2.63. The van der Waals surface area contributed by atoms with Crippen molar-refractivity contribution in [3.63, 3.8) is 0 Å². The molecule has 6 nitrogen and oxygen atoms in total. The number of para-hydroxylation sites is 1. The Morgan fingerprint density at radius 1 is 1.15 bits per heavy atom. The first-order valence-corrected chi connectivity index (χ1v) is 9.30. The average Bonchev–Trinajstić information content (AvgIpc) is 3.05. The van der Waals surface area contributed by atoms with Crippen LogP contribution in [0.2, 0.25) is 0 Å². The Morgan fingerprint density at radius 3 is 2.65 bits per heavy atom. The number of anilines is 1. The molecule has 1 fully saturated rings. The number of benzene rings is 1. The molecule has 0 unspecified atom stereocenters. The van der Waals surface area contributed by atoms with Crippen LogP contribution >= 0.6 is 0 Å². The van der Waals surface area contributed by atoms with E-state index in [0.717, 1.165) is 53.8 Å². The third-order valence-electron chi connectivity index (χ3n) is 5.45. The minimum atomic E-state index is 0.145. The lowest BCUT2D eigenvalue weighted by Gasteiger charge is -2.46. The fraction of sp³-hybridized carbons (Fsp3) is 0.450. The first kappa shape index (κ1) is 16.8. The summed E-state index contributed by atoms with van der Waals surface area (Å²) in [5.74, 6) is 0.978. The summed E-state index contributed by atoms with van der Waals surface area (Å²) in [6.45, 7) is 7.42. The molecule has 4 rings (SSSR count). The van der Waals surface area contributed by atoms with E-state index in [2.05, 4.69) is 28.7 Å². The molecule has 0 N–H and O–H groups in total. The van der Waals surface area contributed by atoms with Gasteiger partial charge in [0.25, 0.3) is 0 Å². The number of nitrogens with zero attached hydrogens (tertiary/aromatic N) is 4. The van der Waals surface area contributed by atoms with E-state index in [-0.39, 0.29) is 18.0 Å². The molecule has 0 spiro atoms. The van der Waals surface area contributed by atoms with Crippen molar-refractivity contribution in [1.29, 1.82) is 0 Å². The third-order valence-corrected chi connectivity index (χ3v) is 5.45. The number of hydrogen-bond donors (Lipinski definition) is 0. The maximum Gasteiger partial charge on any atom is 0.219 e. The number of carbonyl (C=O) groups is 1. The highest BCUT2D eigenvalue weighted by Crippen LogP contribution is 2.34. The van der Waals surface area contributed by atoms with Gasteiger partial charge in [-0.25, -0.2) is 9.97 Å². The summed E-state index contributed by atoms with van der Waals surface area (Å²) in [4.78, 5) is 25.4. The summed E-state index contributed by atoms with van der Waals surface area (Å²) in [6.07, 6.45) is 3.47. The fourth-order valence-electron chi connectivity index (χ4n) is 4.01. The molecule has 1 saturated heterocycles. The van der Waals surface area contributed by atoms with Crippen LogP contribution in [0.1, 0.15) is 33.6 Å². The number of hydrogen-bond acceptors (Lipinski definition) is 5. The van der Waals surface area contributed by atoms with Crippen LogP contribution in [0, 0.1) is 0 Å². The highest BCUT2D eigenvalue weighted by atomic mass is 16.3. The van der Waals surface area contributed by atoms with Crippen LogP contribution in [0.5, 0.6) is 0 Å². The zero-order valence-electron chi connectivity index (χ0n) is 15.5. The quantitative estimate of drug-likeness (QED) is 0.721. The first-order chi connectivity index (χ1) is 12.6. The van der Waals surface area contributed by atoms with Crippen molar-refractivity contribution >= 4 is 33.8 Å². The minimum absolute atomic E-state index is 0.145. The number of fused-ring (bicyclic) bond motifs is 3. The highest BCUT2D eigenvalue weighted by molar-refractivity contribution is 6.05. The summed E-state index contributed by atoms with van der Waals surface area (Å²) < 4.78 is 6.13. The van der Waals surface area contributed by atoms with Gasteiger partial charge >= 0.3 is 0 Å². The normalized spacial score (nSPS) is 20.9. The number of rotatable bonds is 3. The largest absolute Gasteiger partial charge is 0.450 e. The van der Waals surface area contributed by atoms with Crippen LogP contribution in [-0.2, 0) is 4.79 Å². The van der Waals surface area contributed by atoms with Gasteiger partial charge in [0.1, 0.15) is 17.4 Å². The molecule has 0 aliphatic carbocycles. The molecule has 136 valence electrons. The summed E-state index contributed by atoms with van der Waals surface area (Å²) in [5.41, 5.74) is 2.41. The number of carbonyl (C=O) groups excluding carboxylic acids is 1. The van der Waals surface area contributed by atoms with E-state index >= 15 is 0 Å². The molecule has 2 atom stereocenters. The highest BCUT2D eigenvalue weighted by Gasteiger charge is 2.35. The monoisotopic (exact) mass is 352 g/mol. The van der Waals surface area contributed by atoms with E-state index < -0.39 is 0 Å². The summed E-state index contributed by atoms with van der Waals surface area (Å²) >= 11 is 0. The smallest absolute Gasteiger partial charge is 0.219 e. The number of amides is 1. The van der Waals surface area contributed by atoms with Crippen molar-refractivity contribution in [1.82, 2.24) is 14.9 Å². The van der Waals surface area contributed by atoms with Crippen LogP contribution in [0.15, 0.2) is 35.0 Å². The summed E-state index contributed by atoms with van der Waals surface area (Å²) in [7, 11) is 0. The van der Waals surface area contributed by atoms with Crippen molar-refractivity contribution in [2.75, 3.05) is 18.0 Å². The Kier molecular flexibility index (Phi) is 4.26. The van der Waals surface area contributed by atoms with E-state index in [4.69, 9.17) is 4.42 Å². The van der Waals surface area contributed by atoms with Gasteiger partial charge < -0.3 is 14.2 Å². The maximum absolute atomic E-state index is 12.1. The van der Waals surface area contributed by atoms with Crippen LogP contribution < -0.4 is 4.90 Å². The van der Waals surface area contributed by atoms with Gasteiger partial charge in [0.05, 0.1) is 0 Å². The second-order valence-electron chi connectivity index (χ2n) is 6.92. The van der Waals surface area contributed by atoms with Crippen molar-refractivity contribution in [3.8, 4) is 0 Å². The standard InChI is InChI=1S/C20H24N4O2/c1-4-14-11-24(15(5-2)10-23(14)13(3)25)20-19-18(21-12-22-20)16-8-6-7-9-17(16)26-19/h6-9,12,14-15H,4-5,10-11H2,1-3H3/t14-,15+/m1/s1. The SMILES string of the molecule is CC[C@@H]1CN(c2ncnc3c2oc2ccccc23)[C@@H](CC)CN1C(C)=O. The topological polar surface area (TPSA) is 62.5 Å².